The van der Waals surface area contributed by atoms with Gasteiger partial charge in [0.15, 0.2) is 17.3 Å². The maximum atomic E-state index is 15.4. The molecule has 0 bridgehead atoms. The predicted molar refractivity (Wildman–Crippen MR) is 134 cm³/mol. The minimum atomic E-state index is -0.901. The van der Waals surface area contributed by atoms with E-state index in [9.17, 15) is 4.79 Å². The highest BCUT2D eigenvalue weighted by Gasteiger charge is 2.26. The minimum Gasteiger partial charge on any atom is -0.493 e. The molecule has 1 aliphatic rings. The Morgan fingerprint density at radius 1 is 1.08 bits per heavy atom. The van der Waals surface area contributed by atoms with Crippen molar-refractivity contribution in [2.24, 2.45) is 10.7 Å². The van der Waals surface area contributed by atoms with Crippen LogP contribution in [-0.4, -0.2) is 34.8 Å². The zero-order valence-electron chi connectivity index (χ0n) is 19.6. The number of aromatic amines is 1. The van der Waals surface area contributed by atoms with Crippen LogP contribution in [0.1, 0.15) is 28.6 Å². The van der Waals surface area contributed by atoms with Crippen LogP contribution in [0.4, 0.5) is 15.8 Å². The number of fused-ring (bicyclic) bond motifs is 1. The quantitative estimate of drug-likeness (QED) is 0.292. The third kappa shape index (κ3) is 4.00. The zero-order valence-corrected chi connectivity index (χ0v) is 19.6. The van der Waals surface area contributed by atoms with Gasteiger partial charge >= 0.3 is 5.69 Å². The standard InChI is InChI=1S/C25H24FN7O3/c1-35-20-10-16(17(26)11-21(20)36-2)22(30-14-7-8-15-13(9-14)12-29-23(15)28)24-31-25(34)33(32-24)19-6-4-3-5-18(19)27/h3-11,22,30H,12,27H2,1-2H3,(H2,28,29)(H,31,32,34). The summed E-state index contributed by atoms with van der Waals surface area (Å²) in [5, 5.41) is 7.75. The summed E-state index contributed by atoms with van der Waals surface area (Å²) in [4.78, 5) is 19.9. The molecule has 5 rings (SSSR count). The van der Waals surface area contributed by atoms with Crippen molar-refractivity contribution < 1.29 is 13.9 Å². The van der Waals surface area contributed by atoms with E-state index >= 15 is 4.39 Å². The largest absolute Gasteiger partial charge is 0.493 e. The molecule has 0 saturated heterocycles. The van der Waals surface area contributed by atoms with Crippen LogP contribution in [0.15, 0.2) is 64.4 Å². The van der Waals surface area contributed by atoms with E-state index in [-0.39, 0.29) is 17.1 Å². The van der Waals surface area contributed by atoms with Gasteiger partial charge in [0.05, 0.1) is 32.1 Å². The predicted octanol–water partition coefficient (Wildman–Crippen LogP) is 2.72. The van der Waals surface area contributed by atoms with E-state index < -0.39 is 17.5 Å². The van der Waals surface area contributed by atoms with Gasteiger partial charge < -0.3 is 26.3 Å². The Bertz CT molecular complexity index is 1540. The number of nitrogens with zero attached hydrogens (tertiary/aromatic N) is 3. The zero-order chi connectivity index (χ0) is 25.4. The summed E-state index contributed by atoms with van der Waals surface area (Å²) in [6.07, 6.45) is 0. The number of aliphatic imine (C=N–C) groups is 1. The van der Waals surface area contributed by atoms with E-state index in [0.29, 0.717) is 35.2 Å². The normalized spacial score (nSPS) is 13.1. The molecule has 11 heteroatoms. The van der Waals surface area contributed by atoms with Crippen molar-refractivity contribution in [2.45, 2.75) is 12.6 Å². The van der Waals surface area contributed by atoms with Gasteiger partial charge in [-0.2, -0.15) is 4.68 Å². The molecule has 0 radical (unpaired) electrons. The topological polar surface area (TPSA) is 146 Å². The summed E-state index contributed by atoms with van der Waals surface area (Å²) in [7, 11) is 2.89. The molecule has 3 aromatic carbocycles. The lowest BCUT2D eigenvalue weighted by molar-refractivity contribution is 0.351. The van der Waals surface area contributed by atoms with Crippen molar-refractivity contribution >= 4 is 17.2 Å². The van der Waals surface area contributed by atoms with Crippen molar-refractivity contribution in [1.29, 1.82) is 0 Å². The fourth-order valence-corrected chi connectivity index (χ4v) is 4.19. The van der Waals surface area contributed by atoms with E-state index in [1.807, 2.05) is 18.2 Å². The molecule has 0 spiro atoms. The molecule has 10 nitrogen and oxygen atoms in total. The minimum absolute atomic E-state index is 0.172. The SMILES string of the molecule is COc1cc(F)c(C(Nc2ccc3c(c2)CN=C3N)c2nn(-c3ccccc3N)c(=O)[nH]2)cc1OC. The third-order valence-corrected chi connectivity index (χ3v) is 6.00. The number of H-pyrrole nitrogens is 1. The fraction of sp³-hybridized carbons (Fsp3) is 0.160. The van der Waals surface area contributed by atoms with Gasteiger partial charge in [-0.3, -0.25) is 9.98 Å². The summed E-state index contributed by atoms with van der Waals surface area (Å²) in [5.41, 5.74) is 14.9. The van der Waals surface area contributed by atoms with Crippen LogP contribution < -0.4 is 31.9 Å². The summed E-state index contributed by atoms with van der Waals surface area (Å²) in [6, 6.07) is 14.2. The number of ether oxygens (including phenoxy) is 2. The molecule has 6 N–H and O–H groups in total. The lowest BCUT2D eigenvalue weighted by Crippen LogP contribution is -2.17. The van der Waals surface area contributed by atoms with Crippen molar-refractivity contribution in [3.8, 4) is 17.2 Å². The molecule has 1 atom stereocenters. The Morgan fingerprint density at radius 2 is 1.83 bits per heavy atom. The molecule has 184 valence electrons. The van der Waals surface area contributed by atoms with Crippen LogP contribution >= 0.6 is 0 Å². The van der Waals surface area contributed by atoms with Gasteiger partial charge in [0.1, 0.15) is 17.7 Å². The van der Waals surface area contributed by atoms with E-state index in [1.165, 1.54) is 26.4 Å². The number of hydrogen-bond acceptors (Lipinski definition) is 8. The Balaban J connectivity index is 1.63. The third-order valence-electron chi connectivity index (χ3n) is 6.00. The second kappa shape index (κ2) is 9.10. The van der Waals surface area contributed by atoms with E-state index in [0.717, 1.165) is 15.8 Å². The Labute approximate surface area is 205 Å². The summed E-state index contributed by atoms with van der Waals surface area (Å²) in [6.45, 7) is 0.449. The number of nitrogens with two attached hydrogens (primary N) is 2. The first-order valence-electron chi connectivity index (χ1n) is 11.0. The maximum Gasteiger partial charge on any atom is 0.348 e. The van der Waals surface area contributed by atoms with Gasteiger partial charge in [-0.25, -0.2) is 9.18 Å². The molecule has 1 aliphatic heterocycles. The van der Waals surface area contributed by atoms with Gasteiger partial charge in [0, 0.05) is 22.9 Å². The first kappa shape index (κ1) is 23.0. The number of nitrogen functional groups attached to an aromatic ring is 1. The van der Waals surface area contributed by atoms with E-state index in [2.05, 4.69) is 20.4 Å². The van der Waals surface area contributed by atoms with Crippen LogP contribution in [0.3, 0.4) is 0 Å². The van der Waals surface area contributed by atoms with E-state index in [1.54, 1.807) is 24.3 Å². The second-order valence-corrected chi connectivity index (χ2v) is 8.17. The van der Waals surface area contributed by atoms with Crippen molar-refractivity contribution in [1.82, 2.24) is 14.8 Å². The molecule has 0 fully saturated rings. The number of nitrogens with one attached hydrogen (secondary N) is 2. The molecule has 0 amide bonds. The molecule has 1 aromatic heterocycles. The maximum absolute atomic E-state index is 15.4. The summed E-state index contributed by atoms with van der Waals surface area (Å²) < 4.78 is 27.2. The molecule has 0 saturated carbocycles. The molecule has 0 aliphatic carbocycles. The van der Waals surface area contributed by atoms with Crippen LogP contribution in [0.5, 0.6) is 11.5 Å². The van der Waals surface area contributed by atoms with Crippen LogP contribution in [0, 0.1) is 5.82 Å². The Morgan fingerprint density at radius 3 is 2.58 bits per heavy atom. The number of para-hydroxylation sites is 2. The van der Waals surface area contributed by atoms with Crippen LogP contribution in [0.2, 0.25) is 0 Å². The number of halogens is 1. The number of aromatic nitrogens is 3. The molecule has 2 heterocycles. The van der Waals surface area contributed by atoms with Gasteiger partial charge in [0.2, 0.25) is 0 Å². The number of rotatable bonds is 7. The van der Waals surface area contributed by atoms with Gasteiger partial charge in [-0.1, -0.05) is 12.1 Å². The lowest BCUT2D eigenvalue weighted by atomic mass is 10.0. The Hall–Kier alpha value is -4.80. The number of amidine groups is 1. The summed E-state index contributed by atoms with van der Waals surface area (Å²) >= 11 is 0. The van der Waals surface area contributed by atoms with E-state index in [4.69, 9.17) is 20.9 Å². The Kier molecular flexibility index (Phi) is 5.80. The van der Waals surface area contributed by atoms with Crippen molar-refractivity contribution in [3.63, 3.8) is 0 Å². The van der Waals surface area contributed by atoms with Gasteiger partial charge in [-0.05, 0) is 42.0 Å². The number of hydrogen-bond donors (Lipinski definition) is 4. The molecular weight excluding hydrogens is 465 g/mol. The first-order chi connectivity index (χ1) is 17.4. The lowest BCUT2D eigenvalue weighted by Gasteiger charge is -2.21. The van der Waals surface area contributed by atoms with Gasteiger partial charge in [0.25, 0.3) is 0 Å². The van der Waals surface area contributed by atoms with Crippen molar-refractivity contribution in [2.75, 3.05) is 25.3 Å². The second-order valence-electron chi connectivity index (χ2n) is 8.17. The number of methoxy groups -OCH3 is 2. The highest BCUT2D eigenvalue weighted by molar-refractivity contribution is 6.01. The first-order valence-corrected chi connectivity index (χ1v) is 11.0. The fourth-order valence-electron chi connectivity index (χ4n) is 4.19. The molecule has 4 aromatic rings. The smallest absolute Gasteiger partial charge is 0.348 e. The van der Waals surface area contributed by atoms with Gasteiger partial charge in [-0.15, -0.1) is 5.10 Å². The molecule has 1 unspecified atom stereocenters. The van der Waals surface area contributed by atoms with Crippen molar-refractivity contribution in [3.05, 3.63) is 93.4 Å². The number of anilines is 2. The van der Waals surface area contributed by atoms with Crippen LogP contribution in [-0.2, 0) is 6.54 Å². The molecule has 36 heavy (non-hydrogen) atoms. The summed E-state index contributed by atoms with van der Waals surface area (Å²) in [5.74, 6) is 0.630. The molecular formula is C25H24FN7O3. The highest BCUT2D eigenvalue weighted by atomic mass is 19.1. The number of benzene rings is 3. The highest BCUT2D eigenvalue weighted by Crippen LogP contribution is 2.36. The average Bonchev–Trinajstić information content (AvgIpc) is 3.44. The monoisotopic (exact) mass is 489 g/mol. The average molecular weight is 490 g/mol. The van der Waals surface area contributed by atoms with Crippen LogP contribution in [0.25, 0.3) is 5.69 Å².